The van der Waals surface area contributed by atoms with E-state index in [1.807, 2.05) is 6.92 Å². The van der Waals surface area contributed by atoms with Crippen molar-refractivity contribution in [2.24, 2.45) is 0 Å². The molecule has 0 saturated carbocycles. The number of aryl methyl sites for hydroxylation is 1. The number of rotatable bonds is 6. The highest BCUT2D eigenvalue weighted by Crippen LogP contribution is 2.17. The number of amides is 2. The first-order chi connectivity index (χ1) is 12.1. The summed E-state index contributed by atoms with van der Waals surface area (Å²) in [5, 5.41) is 6.54. The Labute approximate surface area is 145 Å². The van der Waals surface area contributed by atoms with Crippen molar-refractivity contribution in [3.8, 4) is 0 Å². The van der Waals surface area contributed by atoms with E-state index in [0.717, 1.165) is 12.0 Å². The lowest BCUT2D eigenvalue weighted by Crippen LogP contribution is -2.37. The minimum Gasteiger partial charge on any atom is -0.361 e. The van der Waals surface area contributed by atoms with Crippen LogP contribution in [0.25, 0.3) is 0 Å². The van der Waals surface area contributed by atoms with Gasteiger partial charge in [0, 0.05) is 25.9 Å². The molecule has 0 aliphatic carbocycles. The van der Waals surface area contributed by atoms with Gasteiger partial charge in [-0.3, -0.25) is 9.59 Å². The van der Waals surface area contributed by atoms with Crippen LogP contribution in [0.2, 0.25) is 0 Å². The molecule has 2 amide bonds. The molecule has 7 heteroatoms. The maximum absolute atomic E-state index is 13.3. The minimum atomic E-state index is -0.329. The topological polar surface area (TPSA) is 75.4 Å². The standard InChI is InChI=1S/C18H20FN3O3/c1-2-4-16-15(9-20-25-16)18(24)21-14-8-17(23)22(11-14)10-12-5-3-6-13(19)7-12/h3,5-7,9,14H,2,4,8,10-11H2,1H3,(H,21,24)/t14-/m1/s1. The van der Waals surface area contributed by atoms with Crippen molar-refractivity contribution in [1.82, 2.24) is 15.4 Å². The van der Waals surface area contributed by atoms with Crippen LogP contribution in [-0.4, -0.2) is 34.5 Å². The van der Waals surface area contributed by atoms with Gasteiger partial charge in [0.25, 0.3) is 5.91 Å². The van der Waals surface area contributed by atoms with Crippen LogP contribution >= 0.6 is 0 Å². The Morgan fingerprint density at radius 3 is 3.08 bits per heavy atom. The molecule has 1 aliphatic heterocycles. The second-order valence-electron chi connectivity index (χ2n) is 6.19. The van der Waals surface area contributed by atoms with Crippen LogP contribution in [0.5, 0.6) is 0 Å². The fraction of sp³-hybridized carbons (Fsp3) is 0.389. The third-order valence-corrected chi connectivity index (χ3v) is 4.18. The monoisotopic (exact) mass is 345 g/mol. The third-order valence-electron chi connectivity index (χ3n) is 4.18. The van der Waals surface area contributed by atoms with Crippen molar-refractivity contribution in [3.63, 3.8) is 0 Å². The van der Waals surface area contributed by atoms with E-state index < -0.39 is 0 Å². The van der Waals surface area contributed by atoms with Crippen LogP contribution in [0, 0.1) is 5.82 Å². The fourth-order valence-electron chi connectivity index (χ4n) is 3.00. The Balaban J connectivity index is 1.60. The number of hydrogen-bond donors (Lipinski definition) is 1. The molecule has 25 heavy (non-hydrogen) atoms. The normalized spacial score (nSPS) is 17.1. The molecule has 132 valence electrons. The van der Waals surface area contributed by atoms with Gasteiger partial charge in [-0.15, -0.1) is 0 Å². The fourth-order valence-corrected chi connectivity index (χ4v) is 3.00. The van der Waals surface area contributed by atoms with E-state index in [9.17, 15) is 14.0 Å². The molecule has 1 atom stereocenters. The van der Waals surface area contributed by atoms with Gasteiger partial charge in [-0.1, -0.05) is 24.2 Å². The van der Waals surface area contributed by atoms with E-state index in [1.165, 1.54) is 18.3 Å². The maximum atomic E-state index is 13.3. The number of carbonyl (C=O) groups excluding carboxylic acids is 2. The lowest BCUT2D eigenvalue weighted by Gasteiger charge is -2.17. The largest absolute Gasteiger partial charge is 0.361 e. The summed E-state index contributed by atoms with van der Waals surface area (Å²) in [6, 6.07) is 5.89. The van der Waals surface area contributed by atoms with E-state index in [2.05, 4.69) is 10.5 Å². The van der Waals surface area contributed by atoms with Gasteiger partial charge in [0.2, 0.25) is 5.91 Å². The maximum Gasteiger partial charge on any atom is 0.256 e. The van der Waals surface area contributed by atoms with E-state index in [-0.39, 0.29) is 30.1 Å². The number of hydrogen-bond acceptors (Lipinski definition) is 4. The predicted octanol–water partition coefficient (Wildman–Crippen LogP) is 2.30. The molecule has 2 heterocycles. The summed E-state index contributed by atoms with van der Waals surface area (Å²) in [5.41, 5.74) is 1.14. The van der Waals surface area contributed by atoms with Crippen molar-refractivity contribution >= 4 is 11.8 Å². The quantitative estimate of drug-likeness (QED) is 0.872. The van der Waals surface area contributed by atoms with Gasteiger partial charge in [-0.25, -0.2) is 4.39 Å². The van der Waals surface area contributed by atoms with Crippen molar-refractivity contribution < 1.29 is 18.5 Å². The van der Waals surface area contributed by atoms with Gasteiger partial charge in [0.05, 0.1) is 12.2 Å². The summed E-state index contributed by atoms with van der Waals surface area (Å²) in [6.07, 6.45) is 3.12. The van der Waals surface area contributed by atoms with E-state index in [4.69, 9.17) is 4.52 Å². The molecule has 1 aromatic carbocycles. The Bertz CT molecular complexity index is 774. The summed E-state index contributed by atoms with van der Waals surface area (Å²) >= 11 is 0. The van der Waals surface area contributed by atoms with Crippen LogP contribution in [0.1, 0.15) is 41.4 Å². The number of aromatic nitrogens is 1. The highest BCUT2D eigenvalue weighted by Gasteiger charge is 2.31. The lowest BCUT2D eigenvalue weighted by molar-refractivity contribution is -0.128. The molecule has 1 fully saturated rings. The molecule has 0 unspecified atom stereocenters. The highest BCUT2D eigenvalue weighted by molar-refractivity contribution is 5.95. The highest BCUT2D eigenvalue weighted by atomic mass is 19.1. The Hall–Kier alpha value is -2.70. The number of nitrogens with zero attached hydrogens (tertiary/aromatic N) is 2. The van der Waals surface area contributed by atoms with Crippen LogP contribution in [-0.2, 0) is 17.8 Å². The first kappa shape index (κ1) is 17.1. The van der Waals surface area contributed by atoms with E-state index >= 15 is 0 Å². The third kappa shape index (κ3) is 4.04. The van der Waals surface area contributed by atoms with Gasteiger partial charge in [0.15, 0.2) is 0 Å². The average Bonchev–Trinajstić information content (AvgIpc) is 3.15. The number of benzene rings is 1. The smallest absolute Gasteiger partial charge is 0.256 e. The summed E-state index contributed by atoms with van der Waals surface area (Å²) in [5.74, 6) is -0.116. The number of nitrogens with one attached hydrogen (secondary N) is 1. The van der Waals surface area contributed by atoms with Crippen LogP contribution in [0.4, 0.5) is 4.39 Å². The predicted molar refractivity (Wildman–Crippen MR) is 88.2 cm³/mol. The molecule has 0 radical (unpaired) electrons. The van der Waals surface area contributed by atoms with Crippen LogP contribution in [0.3, 0.4) is 0 Å². The molecule has 1 aliphatic rings. The molecule has 1 saturated heterocycles. The van der Waals surface area contributed by atoms with E-state index in [0.29, 0.717) is 30.8 Å². The molecular weight excluding hydrogens is 325 g/mol. The zero-order valence-electron chi connectivity index (χ0n) is 14.0. The Kier molecular flexibility index (Phi) is 5.11. The zero-order valence-corrected chi connectivity index (χ0v) is 14.0. The molecular formula is C18H20FN3O3. The summed E-state index contributed by atoms with van der Waals surface area (Å²) in [6.45, 7) is 2.72. The SMILES string of the molecule is CCCc1oncc1C(=O)N[C@@H]1CC(=O)N(Cc2cccc(F)c2)C1. The molecule has 6 nitrogen and oxygen atoms in total. The number of carbonyl (C=O) groups is 2. The van der Waals surface area contributed by atoms with Gasteiger partial charge in [-0.2, -0.15) is 0 Å². The Morgan fingerprint density at radius 2 is 2.32 bits per heavy atom. The van der Waals surface area contributed by atoms with Crippen molar-refractivity contribution in [3.05, 3.63) is 53.2 Å². The number of likely N-dealkylation sites (tertiary alicyclic amines) is 1. The van der Waals surface area contributed by atoms with Crippen LogP contribution in [0.15, 0.2) is 35.0 Å². The zero-order chi connectivity index (χ0) is 17.8. The summed E-state index contributed by atoms with van der Waals surface area (Å²) in [4.78, 5) is 26.2. The van der Waals surface area contributed by atoms with E-state index in [1.54, 1.807) is 17.0 Å². The van der Waals surface area contributed by atoms with Crippen molar-refractivity contribution in [1.29, 1.82) is 0 Å². The summed E-state index contributed by atoms with van der Waals surface area (Å²) in [7, 11) is 0. The van der Waals surface area contributed by atoms with Gasteiger partial charge in [0.1, 0.15) is 17.1 Å². The molecule has 3 rings (SSSR count). The molecule has 1 aromatic heterocycles. The van der Waals surface area contributed by atoms with Crippen molar-refractivity contribution in [2.75, 3.05) is 6.54 Å². The molecule has 0 bridgehead atoms. The molecule has 0 spiro atoms. The van der Waals surface area contributed by atoms with Gasteiger partial charge >= 0.3 is 0 Å². The second-order valence-corrected chi connectivity index (χ2v) is 6.19. The van der Waals surface area contributed by atoms with Crippen molar-refractivity contribution in [2.45, 2.75) is 38.8 Å². The first-order valence-electron chi connectivity index (χ1n) is 8.33. The summed E-state index contributed by atoms with van der Waals surface area (Å²) < 4.78 is 18.4. The molecule has 2 aromatic rings. The molecule has 1 N–H and O–H groups in total. The second kappa shape index (κ2) is 7.46. The number of halogens is 1. The first-order valence-corrected chi connectivity index (χ1v) is 8.33. The van der Waals surface area contributed by atoms with Gasteiger partial charge < -0.3 is 14.7 Å². The average molecular weight is 345 g/mol. The van der Waals surface area contributed by atoms with Crippen LogP contribution < -0.4 is 5.32 Å². The lowest BCUT2D eigenvalue weighted by atomic mass is 10.1. The van der Waals surface area contributed by atoms with Gasteiger partial charge in [-0.05, 0) is 24.1 Å². The minimum absolute atomic E-state index is 0.0614. The Morgan fingerprint density at radius 1 is 1.48 bits per heavy atom.